The Balaban J connectivity index is 1.82. The SMILES string of the molecule is CC(C)C[C@H](N[C@@H](c1ccc(-c2ccc(S(C)(=O)=O)cc2)cc1)C(F)(F)F)C(=O)NC1CCOC1=O. The number of benzene rings is 2. The Morgan fingerprint density at radius 2 is 1.61 bits per heavy atom. The number of carbonyl (C=O) groups is 2. The maximum absolute atomic E-state index is 14.1. The molecule has 3 atom stereocenters. The van der Waals surface area contributed by atoms with Crippen molar-refractivity contribution in [2.24, 2.45) is 5.92 Å². The quantitative estimate of drug-likeness (QED) is 0.482. The standard InChI is InChI=1S/C25H29F3N2O5S/c1-15(2)14-21(23(31)30-20-12-13-35-24(20)32)29-22(25(26,27)28)18-6-4-16(5-7-18)17-8-10-19(11-9-17)36(3,33)34/h4-11,15,20-22,29H,12-14H2,1-3H3,(H,30,31)/t20?,21-,22-/m0/s1. The van der Waals surface area contributed by atoms with Crippen LogP contribution in [0.1, 0.15) is 38.3 Å². The first kappa shape index (κ1) is 27.7. The first-order valence-electron chi connectivity index (χ1n) is 11.5. The molecule has 1 aliphatic heterocycles. The maximum Gasteiger partial charge on any atom is 0.407 e. The number of amides is 1. The first-order valence-corrected chi connectivity index (χ1v) is 13.3. The molecule has 0 aliphatic carbocycles. The second kappa shape index (κ2) is 11.0. The normalized spacial score (nSPS) is 18.1. The molecule has 0 aromatic heterocycles. The van der Waals surface area contributed by atoms with Crippen molar-refractivity contribution in [1.82, 2.24) is 10.6 Å². The number of ether oxygens (including phenoxy) is 1. The predicted molar refractivity (Wildman–Crippen MR) is 128 cm³/mol. The van der Waals surface area contributed by atoms with Crippen LogP contribution >= 0.6 is 0 Å². The van der Waals surface area contributed by atoms with Gasteiger partial charge in [0, 0.05) is 12.7 Å². The van der Waals surface area contributed by atoms with Crippen molar-refractivity contribution < 1.29 is 35.9 Å². The number of alkyl halides is 3. The van der Waals surface area contributed by atoms with Gasteiger partial charge in [-0.05, 0) is 41.2 Å². The van der Waals surface area contributed by atoms with Gasteiger partial charge in [0.05, 0.1) is 17.5 Å². The van der Waals surface area contributed by atoms with E-state index in [9.17, 15) is 31.2 Å². The summed E-state index contributed by atoms with van der Waals surface area (Å²) < 4.78 is 70.4. The van der Waals surface area contributed by atoms with E-state index in [-0.39, 0.29) is 35.8 Å². The van der Waals surface area contributed by atoms with Crippen molar-refractivity contribution >= 4 is 21.7 Å². The molecule has 3 rings (SSSR count). The average molecular weight is 527 g/mol. The van der Waals surface area contributed by atoms with Gasteiger partial charge in [-0.2, -0.15) is 13.2 Å². The van der Waals surface area contributed by atoms with Crippen molar-refractivity contribution in [2.45, 2.75) is 55.9 Å². The summed E-state index contributed by atoms with van der Waals surface area (Å²) in [4.78, 5) is 24.7. The summed E-state index contributed by atoms with van der Waals surface area (Å²) in [5, 5.41) is 4.96. The van der Waals surface area contributed by atoms with E-state index in [1.54, 1.807) is 26.0 Å². The zero-order chi connectivity index (χ0) is 26.7. The van der Waals surface area contributed by atoms with E-state index in [1.807, 2.05) is 0 Å². The van der Waals surface area contributed by atoms with Gasteiger partial charge in [0.25, 0.3) is 0 Å². The lowest BCUT2D eigenvalue weighted by molar-refractivity contribution is -0.161. The Morgan fingerprint density at radius 3 is 2.06 bits per heavy atom. The van der Waals surface area contributed by atoms with Crippen LogP contribution in [0.3, 0.4) is 0 Å². The molecule has 1 saturated heterocycles. The third-order valence-corrected chi connectivity index (χ3v) is 6.96. The van der Waals surface area contributed by atoms with E-state index in [2.05, 4.69) is 10.6 Å². The average Bonchev–Trinajstić information content (AvgIpc) is 3.19. The van der Waals surface area contributed by atoms with Crippen LogP contribution in [0, 0.1) is 5.92 Å². The fraction of sp³-hybridized carbons (Fsp3) is 0.440. The van der Waals surface area contributed by atoms with Gasteiger partial charge >= 0.3 is 12.1 Å². The monoisotopic (exact) mass is 526 g/mol. The van der Waals surface area contributed by atoms with Crippen molar-refractivity contribution in [3.8, 4) is 11.1 Å². The number of hydrogen-bond acceptors (Lipinski definition) is 6. The van der Waals surface area contributed by atoms with E-state index in [0.717, 1.165) is 6.26 Å². The lowest BCUT2D eigenvalue weighted by atomic mass is 9.97. The number of hydrogen-bond donors (Lipinski definition) is 2. The van der Waals surface area contributed by atoms with Gasteiger partial charge in [-0.25, -0.2) is 13.2 Å². The molecule has 1 amide bonds. The van der Waals surface area contributed by atoms with Crippen LogP contribution in [0.5, 0.6) is 0 Å². The largest absolute Gasteiger partial charge is 0.464 e. The third kappa shape index (κ3) is 7.07. The van der Waals surface area contributed by atoms with Gasteiger partial charge in [0.1, 0.15) is 12.1 Å². The lowest BCUT2D eigenvalue weighted by Gasteiger charge is -2.29. The van der Waals surface area contributed by atoms with E-state index in [0.29, 0.717) is 11.1 Å². The number of carbonyl (C=O) groups excluding carboxylic acids is 2. The highest BCUT2D eigenvalue weighted by Gasteiger charge is 2.43. The molecule has 7 nitrogen and oxygen atoms in total. The van der Waals surface area contributed by atoms with Crippen LogP contribution in [-0.2, 0) is 24.2 Å². The summed E-state index contributed by atoms with van der Waals surface area (Å²) in [6, 6.07) is 7.54. The molecular weight excluding hydrogens is 497 g/mol. The molecule has 0 radical (unpaired) electrons. The fourth-order valence-corrected chi connectivity index (χ4v) is 4.60. The van der Waals surface area contributed by atoms with Gasteiger partial charge in [-0.1, -0.05) is 50.2 Å². The summed E-state index contributed by atoms with van der Waals surface area (Å²) in [7, 11) is -3.37. The van der Waals surface area contributed by atoms with Crippen molar-refractivity contribution in [3.05, 3.63) is 54.1 Å². The Bertz CT molecular complexity index is 1180. The van der Waals surface area contributed by atoms with E-state index in [4.69, 9.17) is 4.74 Å². The first-order chi connectivity index (χ1) is 16.8. The molecule has 1 fully saturated rings. The summed E-state index contributed by atoms with van der Waals surface area (Å²) >= 11 is 0. The van der Waals surface area contributed by atoms with Crippen molar-refractivity contribution in [2.75, 3.05) is 12.9 Å². The minimum atomic E-state index is -4.69. The van der Waals surface area contributed by atoms with Crippen LogP contribution in [0.15, 0.2) is 53.4 Å². The molecule has 0 bridgehead atoms. The highest BCUT2D eigenvalue weighted by molar-refractivity contribution is 7.90. The van der Waals surface area contributed by atoms with Crippen LogP contribution in [0.2, 0.25) is 0 Å². The highest BCUT2D eigenvalue weighted by Crippen LogP contribution is 2.35. The highest BCUT2D eigenvalue weighted by atomic mass is 32.2. The van der Waals surface area contributed by atoms with Gasteiger partial charge in [0.2, 0.25) is 5.91 Å². The Hall–Kier alpha value is -2.92. The number of sulfone groups is 1. The molecule has 1 aliphatic rings. The zero-order valence-electron chi connectivity index (χ0n) is 20.1. The number of nitrogens with one attached hydrogen (secondary N) is 2. The summed E-state index contributed by atoms with van der Waals surface area (Å²) in [6.45, 7) is 3.73. The zero-order valence-corrected chi connectivity index (χ0v) is 20.9. The van der Waals surface area contributed by atoms with Crippen LogP contribution in [0.25, 0.3) is 11.1 Å². The Kier molecular flexibility index (Phi) is 8.45. The Morgan fingerprint density at radius 1 is 1.06 bits per heavy atom. The number of esters is 1. The number of cyclic esters (lactones) is 1. The predicted octanol–water partition coefficient (Wildman–Crippen LogP) is 3.80. The summed E-state index contributed by atoms with van der Waals surface area (Å²) in [5.74, 6) is -1.38. The van der Waals surface area contributed by atoms with E-state index >= 15 is 0 Å². The molecule has 2 aromatic rings. The fourth-order valence-electron chi connectivity index (χ4n) is 3.96. The topological polar surface area (TPSA) is 102 Å². The molecule has 196 valence electrons. The minimum absolute atomic E-state index is 0.0826. The molecule has 2 aromatic carbocycles. The van der Waals surface area contributed by atoms with E-state index < -0.39 is 46.0 Å². The smallest absolute Gasteiger partial charge is 0.407 e. The van der Waals surface area contributed by atoms with Crippen LogP contribution in [-0.4, -0.2) is 51.4 Å². The van der Waals surface area contributed by atoms with Gasteiger partial charge < -0.3 is 10.1 Å². The lowest BCUT2D eigenvalue weighted by Crippen LogP contribution is -2.52. The second-order valence-electron chi connectivity index (χ2n) is 9.26. The number of halogens is 3. The number of rotatable bonds is 9. The van der Waals surface area contributed by atoms with E-state index in [1.165, 1.54) is 36.4 Å². The maximum atomic E-state index is 14.1. The molecule has 36 heavy (non-hydrogen) atoms. The molecule has 2 N–H and O–H groups in total. The van der Waals surface area contributed by atoms with Gasteiger partial charge in [-0.15, -0.1) is 0 Å². The second-order valence-corrected chi connectivity index (χ2v) is 11.3. The van der Waals surface area contributed by atoms with Crippen molar-refractivity contribution in [3.63, 3.8) is 0 Å². The van der Waals surface area contributed by atoms with Crippen molar-refractivity contribution in [1.29, 1.82) is 0 Å². The van der Waals surface area contributed by atoms with Crippen LogP contribution < -0.4 is 10.6 Å². The van der Waals surface area contributed by atoms with Gasteiger partial charge in [-0.3, -0.25) is 10.1 Å². The molecule has 0 spiro atoms. The molecule has 1 unspecified atom stereocenters. The molecule has 11 heteroatoms. The molecule has 1 heterocycles. The molecular formula is C25H29F3N2O5S. The summed E-state index contributed by atoms with van der Waals surface area (Å²) in [6.07, 6.45) is -3.20. The van der Waals surface area contributed by atoms with Gasteiger partial charge in [0.15, 0.2) is 9.84 Å². The minimum Gasteiger partial charge on any atom is -0.464 e. The molecule has 0 saturated carbocycles. The summed E-state index contributed by atoms with van der Waals surface area (Å²) in [5.41, 5.74) is 1.17. The third-order valence-electron chi connectivity index (χ3n) is 5.83. The van der Waals surface area contributed by atoms with Crippen LogP contribution in [0.4, 0.5) is 13.2 Å². The Labute approximate surface area is 208 Å².